The summed E-state index contributed by atoms with van der Waals surface area (Å²) in [6.07, 6.45) is 3.65. The third-order valence-corrected chi connectivity index (χ3v) is 4.33. The molecule has 0 radical (unpaired) electrons. The zero-order valence-electron chi connectivity index (χ0n) is 11.4. The highest BCUT2D eigenvalue weighted by Gasteiger charge is 2.29. The quantitative estimate of drug-likeness (QED) is 0.783. The van der Waals surface area contributed by atoms with Crippen LogP contribution in [0.5, 0.6) is 0 Å². The summed E-state index contributed by atoms with van der Waals surface area (Å²) >= 11 is 1.40. The molecule has 0 saturated heterocycles. The lowest BCUT2D eigenvalue weighted by Gasteiger charge is -2.11. The van der Waals surface area contributed by atoms with Crippen LogP contribution < -0.4 is 11.3 Å². The van der Waals surface area contributed by atoms with Gasteiger partial charge in [0.25, 0.3) is 5.56 Å². The van der Waals surface area contributed by atoms with E-state index in [0.717, 1.165) is 18.5 Å². The van der Waals surface area contributed by atoms with Crippen LogP contribution in [0, 0.1) is 6.92 Å². The number of thiazole rings is 1. The number of aromatic nitrogens is 4. The molecule has 0 spiro atoms. The largest absolute Gasteiger partial charge is 0.397 e. The number of nitrogen functional groups attached to an aromatic ring is 1. The Bertz CT molecular complexity index is 896. The fourth-order valence-corrected chi connectivity index (χ4v) is 3.10. The predicted octanol–water partition coefficient (Wildman–Crippen LogP) is 2.14. The minimum Gasteiger partial charge on any atom is -0.397 e. The molecule has 0 aliphatic heterocycles. The van der Waals surface area contributed by atoms with Crippen LogP contribution in [0.4, 0.5) is 5.69 Å². The number of aryl methyl sites for hydroxylation is 1. The highest BCUT2D eigenvalue weighted by atomic mass is 32.1. The maximum absolute atomic E-state index is 12.8. The summed E-state index contributed by atoms with van der Waals surface area (Å²) < 4.78 is 1.74. The lowest BCUT2D eigenvalue weighted by molar-refractivity contribution is 0.725. The van der Waals surface area contributed by atoms with E-state index in [2.05, 4.69) is 15.0 Å². The minimum atomic E-state index is -0.127. The molecule has 1 saturated carbocycles. The van der Waals surface area contributed by atoms with E-state index in [1.807, 2.05) is 12.3 Å². The molecule has 6 nitrogen and oxygen atoms in total. The topological polar surface area (TPSA) is 86.7 Å². The van der Waals surface area contributed by atoms with Gasteiger partial charge in [0.05, 0.1) is 5.69 Å². The first-order chi connectivity index (χ1) is 10.1. The van der Waals surface area contributed by atoms with E-state index in [1.165, 1.54) is 11.3 Å². The van der Waals surface area contributed by atoms with Gasteiger partial charge in [-0.25, -0.2) is 15.0 Å². The Morgan fingerprint density at radius 3 is 2.86 bits per heavy atom. The van der Waals surface area contributed by atoms with Crippen molar-refractivity contribution in [3.05, 3.63) is 33.7 Å². The Labute approximate surface area is 124 Å². The summed E-state index contributed by atoms with van der Waals surface area (Å²) in [6.45, 7) is 1.87. The SMILES string of the molecule is Cc1cc(N)c2nc(-c3nccs3)c(=O)n(C3CC3)c2n1. The zero-order valence-corrected chi connectivity index (χ0v) is 12.2. The molecule has 7 heteroatoms. The third-order valence-electron chi connectivity index (χ3n) is 3.55. The van der Waals surface area contributed by atoms with E-state index >= 15 is 0 Å². The Hall–Kier alpha value is -2.28. The molecule has 3 heterocycles. The molecular weight excluding hydrogens is 286 g/mol. The third kappa shape index (κ3) is 1.92. The monoisotopic (exact) mass is 299 g/mol. The summed E-state index contributed by atoms with van der Waals surface area (Å²) in [5, 5.41) is 2.45. The maximum Gasteiger partial charge on any atom is 0.281 e. The molecule has 21 heavy (non-hydrogen) atoms. The van der Waals surface area contributed by atoms with Gasteiger partial charge in [0, 0.05) is 23.3 Å². The second-order valence-electron chi connectivity index (χ2n) is 5.23. The summed E-state index contributed by atoms with van der Waals surface area (Å²) in [4.78, 5) is 25.9. The molecule has 3 aromatic heterocycles. The molecule has 2 N–H and O–H groups in total. The van der Waals surface area contributed by atoms with Gasteiger partial charge < -0.3 is 5.73 Å². The molecule has 1 fully saturated rings. The van der Waals surface area contributed by atoms with Gasteiger partial charge in [-0.3, -0.25) is 9.36 Å². The van der Waals surface area contributed by atoms with Crippen LogP contribution in [0.1, 0.15) is 24.6 Å². The van der Waals surface area contributed by atoms with Gasteiger partial charge in [-0.2, -0.15) is 0 Å². The second kappa shape index (κ2) is 4.36. The Morgan fingerprint density at radius 2 is 2.19 bits per heavy atom. The van der Waals surface area contributed by atoms with Crippen molar-refractivity contribution in [2.24, 2.45) is 0 Å². The molecule has 0 aromatic carbocycles. The van der Waals surface area contributed by atoms with Crippen molar-refractivity contribution in [2.45, 2.75) is 25.8 Å². The molecule has 0 atom stereocenters. The molecule has 0 unspecified atom stereocenters. The summed E-state index contributed by atoms with van der Waals surface area (Å²) in [5.74, 6) is 0. The number of rotatable bonds is 2. The van der Waals surface area contributed by atoms with Crippen LogP contribution >= 0.6 is 11.3 Å². The molecular formula is C14H13N5OS. The standard InChI is InChI=1S/C14H13N5OS/c1-7-6-9(15)10-12(17-7)19(8-2-3-8)14(20)11(18-10)13-16-4-5-21-13/h4-6,8H,2-3H2,1H3,(H2,15,17). The Balaban J connectivity index is 2.14. The molecule has 0 amide bonds. The van der Waals surface area contributed by atoms with Gasteiger partial charge in [-0.15, -0.1) is 11.3 Å². The van der Waals surface area contributed by atoms with Gasteiger partial charge in [0.2, 0.25) is 0 Å². The van der Waals surface area contributed by atoms with Crippen LogP contribution in [-0.2, 0) is 0 Å². The number of nitrogens with two attached hydrogens (primary N) is 1. The number of hydrogen-bond donors (Lipinski definition) is 1. The molecule has 106 valence electrons. The number of anilines is 1. The first-order valence-corrected chi connectivity index (χ1v) is 7.62. The van der Waals surface area contributed by atoms with E-state index in [9.17, 15) is 4.79 Å². The van der Waals surface area contributed by atoms with E-state index in [4.69, 9.17) is 5.73 Å². The van der Waals surface area contributed by atoms with Crippen molar-refractivity contribution in [3.63, 3.8) is 0 Å². The fraction of sp³-hybridized carbons (Fsp3) is 0.286. The maximum atomic E-state index is 12.8. The van der Waals surface area contributed by atoms with E-state index in [-0.39, 0.29) is 11.6 Å². The lowest BCUT2D eigenvalue weighted by atomic mass is 10.3. The molecule has 4 rings (SSSR count). The van der Waals surface area contributed by atoms with Gasteiger partial charge in [-0.05, 0) is 25.8 Å². The van der Waals surface area contributed by atoms with Crippen LogP contribution in [0.3, 0.4) is 0 Å². The van der Waals surface area contributed by atoms with Crippen molar-refractivity contribution < 1.29 is 0 Å². The first kappa shape index (κ1) is 12.5. The Morgan fingerprint density at radius 1 is 1.38 bits per heavy atom. The molecule has 1 aliphatic carbocycles. The van der Waals surface area contributed by atoms with Crippen molar-refractivity contribution in [3.8, 4) is 10.7 Å². The van der Waals surface area contributed by atoms with Crippen LogP contribution in [0.15, 0.2) is 22.4 Å². The van der Waals surface area contributed by atoms with Crippen molar-refractivity contribution in [2.75, 3.05) is 5.73 Å². The average molecular weight is 299 g/mol. The number of fused-ring (bicyclic) bond motifs is 1. The summed E-state index contributed by atoms with van der Waals surface area (Å²) in [5.41, 5.74) is 8.82. The number of pyridine rings is 1. The minimum absolute atomic E-state index is 0.127. The van der Waals surface area contributed by atoms with Crippen molar-refractivity contribution in [1.29, 1.82) is 0 Å². The van der Waals surface area contributed by atoms with E-state index < -0.39 is 0 Å². The van der Waals surface area contributed by atoms with E-state index in [0.29, 0.717) is 27.6 Å². The average Bonchev–Trinajstić information content (AvgIpc) is 3.12. The molecule has 1 aliphatic rings. The van der Waals surface area contributed by atoms with E-state index in [1.54, 1.807) is 16.8 Å². The summed E-state index contributed by atoms with van der Waals surface area (Å²) in [7, 11) is 0. The fourth-order valence-electron chi connectivity index (χ4n) is 2.48. The highest BCUT2D eigenvalue weighted by Crippen LogP contribution is 2.36. The van der Waals surface area contributed by atoms with Gasteiger partial charge in [-0.1, -0.05) is 0 Å². The lowest BCUT2D eigenvalue weighted by Crippen LogP contribution is -2.24. The summed E-state index contributed by atoms with van der Waals surface area (Å²) in [6, 6.07) is 1.98. The van der Waals surface area contributed by atoms with Crippen molar-refractivity contribution >= 4 is 28.2 Å². The van der Waals surface area contributed by atoms with Gasteiger partial charge in [0.1, 0.15) is 10.5 Å². The van der Waals surface area contributed by atoms with Gasteiger partial charge >= 0.3 is 0 Å². The number of hydrogen-bond acceptors (Lipinski definition) is 6. The zero-order chi connectivity index (χ0) is 14.6. The first-order valence-electron chi connectivity index (χ1n) is 6.74. The predicted molar refractivity (Wildman–Crippen MR) is 82.3 cm³/mol. The molecule has 0 bridgehead atoms. The number of nitrogens with zero attached hydrogens (tertiary/aromatic N) is 4. The smallest absolute Gasteiger partial charge is 0.281 e. The van der Waals surface area contributed by atoms with Crippen molar-refractivity contribution in [1.82, 2.24) is 19.5 Å². The Kier molecular flexibility index (Phi) is 2.58. The highest BCUT2D eigenvalue weighted by molar-refractivity contribution is 7.13. The normalized spacial score (nSPS) is 14.7. The van der Waals surface area contributed by atoms with Crippen LogP contribution in [-0.4, -0.2) is 19.5 Å². The second-order valence-corrected chi connectivity index (χ2v) is 6.12. The van der Waals surface area contributed by atoms with Gasteiger partial charge in [0.15, 0.2) is 11.3 Å². The van der Waals surface area contributed by atoms with Crippen LogP contribution in [0.2, 0.25) is 0 Å². The molecule has 3 aromatic rings. The van der Waals surface area contributed by atoms with Crippen LogP contribution in [0.25, 0.3) is 21.9 Å².